The average Bonchev–Trinajstić information content (AvgIpc) is 4.06. The third-order valence-corrected chi connectivity index (χ3v) is 17.1. The normalized spacial score (nSPS) is 26.4. The molecule has 11 nitrogen and oxygen atoms in total. The molecule has 0 aromatic heterocycles. The summed E-state index contributed by atoms with van der Waals surface area (Å²) in [6.07, 6.45) is 35.7. The largest absolute Gasteiger partial charge is 0.481 e. The molecule has 0 aliphatic heterocycles. The molecule has 0 aromatic rings. The van der Waals surface area contributed by atoms with E-state index in [1.165, 1.54) is 129 Å². The van der Waals surface area contributed by atoms with Crippen LogP contribution in [0.15, 0.2) is 0 Å². The van der Waals surface area contributed by atoms with Crippen molar-refractivity contribution >= 4 is 29.7 Å². The Balaban J connectivity index is 0.000000189. The fraction of sp³-hybridized carbons (Fsp3) is 0.887. The molecule has 3 amide bonds. The summed E-state index contributed by atoms with van der Waals surface area (Å²) in [5.74, 6) is -0.311. The Morgan fingerprint density at radius 2 is 0.891 bits per heavy atom. The van der Waals surface area contributed by atoms with E-state index in [2.05, 4.69) is 49.7 Å². The quantitative estimate of drug-likeness (QED) is 0.140. The highest BCUT2D eigenvalue weighted by Gasteiger charge is 2.46. The molecular formula is C53H88N4O7. The maximum Gasteiger partial charge on any atom is 0.328 e. The molecule has 7 saturated carbocycles. The van der Waals surface area contributed by atoms with E-state index >= 15 is 0 Å². The van der Waals surface area contributed by atoms with E-state index < -0.39 is 23.6 Å². The molecule has 0 radical (unpaired) electrons. The first kappa shape index (κ1) is 51.8. The third-order valence-electron chi connectivity index (χ3n) is 17.1. The number of esters is 1. The van der Waals surface area contributed by atoms with Crippen molar-refractivity contribution in [3.63, 3.8) is 0 Å². The summed E-state index contributed by atoms with van der Waals surface area (Å²) in [7, 11) is 1.38. The number of amides is 3. The van der Waals surface area contributed by atoms with Crippen LogP contribution in [0.4, 0.5) is 0 Å². The Bertz CT molecular complexity index is 1550. The van der Waals surface area contributed by atoms with Gasteiger partial charge in [0.25, 0.3) is 0 Å². The van der Waals surface area contributed by atoms with E-state index in [0.717, 1.165) is 51.4 Å². The molecule has 0 bridgehead atoms. The zero-order chi connectivity index (χ0) is 46.4. The molecule has 7 rings (SSSR count). The average molecular weight is 893 g/mol. The number of ether oxygens (including phenoxy) is 1. The number of aliphatic carboxylic acids is 1. The molecule has 7 fully saturated rings. The predicted molar refractivity (Wildman–Crippen MR) is 251 cm³/mol. The first-order valence-electron chi connectivity index (χ1n) is 26.2. The van der Waals surface area contributed by atoms with Crippen molar-refractivity contribution in [2.45, 2.75) is 244 Å². The second kappa shape index (κ2) is 24.0. The van der Waals surface area contributed by atoms with Gasteiger partial charge in [0.2, 0.25) is 17.7 Å². The topological polar surface area (TPSA) is 175 Å². The van der Waals surface area contributed by atoms with Crippen molar-refractivity contribution in [3.8, 4) is 6.07 Å². The molecule has 0 saturated heterocycles. The number of hydrogen-bond donors (Lipinski definition) is 4. The van der Waals surface area contributed by atoms with Gasteiger partial charge in [0, 0.05) is 11.8 Å². The number of carbonyl (C=O) groups excluding carboxylic acids is 4. The Morgan fingerprint density at radius 3 is 1.20 bits per heavy atom. The fourth-order valence-electron chi connectivity index (χ4n) is 12.7. The standard InChI is InChI=1S/C22H35N3O2.C19H33NO3.C12H20O2/c1-16(2)14-18(20(27)25-22(15-23)12-13-22)24-19(26)17-6-10-21(11-7-17)8-4-3-5-9-21;1-14(2)13-16(18(22)23-3)20-17(21)15-7-11-19(12-8-15)9-5-4-6-10-19;13-11(14)10-4-8-12(9-5-10)6-2-1-3-7-12/h16-18H,3-14H2,1-2H3,(H,24,26)(H,25,27);14-16H,4-13H2,1-3H3,(H,20,21);10H,1-9H2,(H,13,14). The van der Waals surface area contributed by atoms with E-state index in [0.29, 0.717) is 53.8 Å². The van der Waals surface area contributed by atoms with E-state index in [1.54, 1.807) is 0 Å². The predicted octanol–water partition coefficient (Wildman–Crippen LogP) is 10.9. The first-order valence-corrected chi connectivity index (χ1v) is 26.2. The van der Waals surface area contributed by atoms with Crippen LogP contribution in [0.2, 0.25) is 0 Å². The lowest BCUT2D eigenvalue weighted by molar-refractivity contribution is -0.146. The Labute approximate surface area is 386 Å². The van der Waals surface area contributed by atoms with Gasteiger partial charge in [-0.15, -0.1) is 0 Å². The zero-order valence-electron chi connectivity index (χ0n) is 40.8. The number of carbonyl (C=O) groups is 5. The minimum absolute atomic E-state index is 0.0308. The lowest BCUT2D eigenvalue weighted by Crippen LogP contribution is -2.52. The zero-order valence-corrected chi connectivity index (χ0v) is 40.8. The van der Waals surface area contributed by atoms with Crippen LogP contribution in [0.3, 0.4) is 0 Å². The lowest BCUT2D eigenvalue weighted by Gasteiger charge is -2.42. The van der Waals surface area contributed by atoms with Gasteiger partial charge in [-0.05, 0) is 169 Å². The summed E-state index contributed by atoms with van der Waals surface area (Å²) in [5.41, 5.74) is 0.892. The smallest absolute Gasteiger partial charge is 0.328 e. The van der Waals surface area contributed by atoms with E-state index in [4.69, 9.17) is 9.84 Å². The highest BCUT2D eigenvalue weighted by Crippen LogP contribution is 2.51. The van der Waals surface area contributed by atoms with E-state index in [9.17, 15) is 29.2 Å². The van der Waals surface area contributed by atoms with Crippen LogP contribution in [0.5, 0.6) is 0 Å². The molecule has 362 valence electrons. The number of nitrogens with zero attached hydrogens (tertiary/aromatic N) is 1. The van der Waals surface area contributed by atoms with Crippen LogP contribution in [0, 0.1) is 57.2 Å². The summed E-state index contributed by atoms with van der Waals surface area (Å²) >= 11 is 0. The van der Waals surface area contributed by atoms with Crippen LogP contribution < -0.4 is 16.0 Å². The summed E-state index contributed by atoms with van der Waals surface area (Å²) < 4.78 is 4.84. The number of carboxylic acid groups (broad SMARTS) is 1. The molecule has 64 heavy (non-hydrogen) atoms. The van der Waals surface area contributed by atoms with Crippen molar-refractivity contribution in [2.75, 3.05) is 7.11 Å². The van der Waals surface area contributed by atoms with Gasteiger partial charge in [0.05, 0.1) is 19.1 Å². The van der Waals surface area contributed by atoms with Gasteiger partial charge in [0.1, 0.15) is 17.6 Å². The van der Waals surface area contributed by atoms with Gasteiger partial charge in [-0.1, -0.05) is 85.5 Å². The first-order chi connectivity index (χ1) is 30.5. The second-order valence-electron chi connectivity index (χ2n) is 22.9. The molecule has 2 unspecified atom stereocenters. The number of nitrogens with one attached hydrogen (secondary N) is 3. The van der Waals surface area contributed by atoms with Crippen LogP contribution in [-0.2, 0) is 28.7 Å². The highest BCUT2D eigenvalue weighted by molar-refractivity contribution is 5.89. The minimum Gasteiger partial charge on any atom is -0.481 e. The van der Waals surface area contributed by atoms with Gasteiger partial charge in [-0.3, -0.25) is 19.2 Å². The Morgan fingerprint density at radius 1 is 0.547 bits per heavy atom. The lowest BCUT2D eigenvalue weighted by atomic mass is 9.63. The Hall–Kier alpha value is -3.16. The number of rotatable bonds is 12. The molecule has 0 heterocycles. The number of carboxylic acids is 1. The fourth-order valence-corrected chi connectivity index (χ4v) is 12.7. The summed E-state index contributed by atoms with van der Waals surface area (Å²) in [4.78, 5) is 60.8. The molecule has 7 aliphatic carbocycles. The van der Waals surface area contributed by atoms with Crippen LogP contribution in [0.1, 0.15) is 227 Å². The van der Waals surface area contributed by atoms with Gasteiger partial charge in [-0.25, -0.2) is 4.79 Å². The van der Waals surface area contributed by atoms with Crippen molar-refractivity contribution in [2.24, 2.45) is 45.8 Å². The van der Waals surface area contributed by atoms with Crippen molar-refractivity contribution in [3.05, 3.63) is 0 Å². The van der Waals surface area contributed by atoms with Gasteiger partial charge in [0.15, 0.2) is 0 Å². The number of methoxy groups -OCH3 is 1. The van der Waals surface area contributed by atoms with Gasteiger partial charge in [-0.2, -0.15) is 5.26 Å². The summed E-state index contributed by atoms with van der Waals surface area (Å²) in [6, 6.07) is 1.16. The van der Waals surface area contributed by atoms with Crippen molar-refractivity contribution in [1.82, 2.24) is 16.0 Å². The van der Waals surface area contributed by atoms with Crippen molar-refractivity contribution in [1.29, 1.82) is 5.26 Å². The van der Waals surface area contributed by atoms with Crippen LogP contribution >= 0.6 is 0 Å². The second-order valence-corrected chi connectivity index (χ2v) is 22.9. The molecule has 3 spiro atoms. The van der Waals surface area contributed by atoms with E-state index in [-0.39, 0.29) is 41.4 Å². The number of nitriles is 1. The van der Waals surface area contributed by atoms with Crippen LogP contribution in [0.25, 0.3) is 0 Å². The monoisotopic (exact) mass is 893 g/mol. The maximum atomic E-state index is 12.9. The van der Waals surface area contributed by atoms with Gasteiger partial charge >= 0.3 is 11.9 Å². The van der Waals surface area contributed by atoms with Gasteiger partial charge < -0.3 is 25.8 Å². The highest BCUT2D eigenvalue weighted by atomic mass is 16.5. The SMILES string of the molecule is CC(C)CC(NC(=O)C1CCC2(CCCCC2)CC1)C(=O)NC1(C#N)CC1.COC(=O)C(CC(C)C)NC(=O)C1CCC2(CCCCC2)CC1.O=C(O)C1CCC2(CCCCC2)CC1. The molecule has 11 heteroatoms. The van der Waals surface area contributed by atoms with Crippen LogP contribution in [-0.4, -0.2) is 59.5 Å². The molecule has 7 aliphatic rings. The Kier molecular flexibility index (Phi) is 19.5. The minimum atomic E-state index is -0.685. The van der Waals surface area contributed by atoms with Crippen molar-refractivity contribution < 1.29 is 33.8 Å². The van der Waals surface area contributed by atoms with E-state index in [1.807, 2.05) is 0 Å². The maximum absolute atomic E-state index is 12.9. The molecular weight excluding hydrogens is 805 g/mol. The summed E-state index contributed by atoms with van der Waals surface area (Å²) in [5, 5.41) is 27.0. The third kappa shape index (κ3) is 15.2. The molecule has 2 atom stereocenters. The number of hydrogen-bond acceptors (Lipinski definition) is 7. The molecule has 4 N–H and O–H groups in total. The molecule has 0 aromatic carbocycles. The summed E-state index contributed by atoms with van der Waals surface area (Å²) in [6.45, 7) is 8.21.